The van der Waals surface area contributed by atoms with Crippen LogP contribution in [0.5, 0.6) is 23.0 Å². The minimum absolute atomic E-state index is 0.156. The summed E-state index contributed by atoms with van der Waals surface area (Å²) in [6, 6.07) is 16.6. The fourth-order valence-electron chi connectivity index (χ4n) is 4.49. The van der Waals surface area contributed by atoms with Gasteiger partial charge in [0.05, 0.1) is 44.6 Å². The minimum atomic E-state index is -0.479. The van der Waals surface area contributed by atoms with Gasteiger partial charge < -0.3 is 24.3 Å². The Balaban J connectivity index is 1.73. The number of rotatable bonds is 12. The molecule has 0 spiro atoms. The molecule has 1 amide bonds. The average Bonchev–Trinajstić information content (AvgIpc) is 2.98. The summed E-state index contributed by atoms with van der Waals surface area (Å²) >= 11 is 1.27. The van der Waals surface area contributed by atoms with Gasteiger partial charge in [0.25, 0.3) is 5.56 Å². The summed E-state index contributed by atoms with van der Waals surface area (Å²) in [5.41, 5.74) is 2.97. The highest BCUT2D eigenvalue weighted by molar-refractivity contribution is 8.00. The van der Waals surface area contributed by atoms with Gasteiger partial charge in [0.15, 0.2) is 28.2 Å². The predicted molar refractivity (Wildman–Crippen MR) is 162 cm³/mol. The second-order valence-electron chi connectivity index (χ2n) is 9.39. The van der Waals surface area contributed by atoms with E-state index < -0.39 is 5.25 Å². The lowest BCUT2D eigenvalue weighted by Gasteiger charge is -2.19. The van der Waals surface area contributed by atoms with Crippen molar-refractivity contribution in [1.82, 2.24) is 9.55 Å². The van der Waals surface area contributed by atoms with E-state index in [1.54, 1.807) is 30.9 Å². The number of ether oxygens (including phenoxy) is 4. The van der Waals surface area contributed by atoms with E-state index >= 15 is 0 Å². The molecule has 4 aromatic rings. The Morgan fingerprint density at radius 3 is 2.27 bits per heavy atom. The van der Waals surface area contributed by atoms with E-state index in [2.05, 4.69) is 5.32 Å². The van der Waals surface area contributed by atoms with Gasteiger partial charge in [-0.2, -0.15) is 0 Å². The number of aryl methyl sites for hydroxylation is 2. The Hall–Kier alpha value is -4.18. The number of benzene rings is 3. The van der Waals surface area contributed by atoms with Crippen molar-refractivity contribution in [2.45, 2.75) is 43.6 Å². The zero-order valence-corrected chi connectivity index (χ0v) is 25.0. The lowest BCUT2D eigenvalue weighted by molar-refractivity contribution is -0.115. The normalized spacial score (nSPS) is 11.7. The first-order chi connectivity index (χ1) is 19.8. The second-order valence-corrected chi connectivity index (χ2v) is 10.6. The van der Waals surface area contributed by atoms with Gasteiger partial charge in [-0.05, 0) is 61.2 Å². The highest BCUT2D eigenvalue weighted by atomic mass is 32.2. The zero-order valence-electron chi connectivity index (χ0n) is 24.1. The molecule has 9 nitrogen and oxygen atoms in total. The highest BCUT2D eigenvalue weighted by Gasteiger charge is 2.23. The van der Waals surface area contributed by atoms with Gasteiger partial charge in [-0.1, -0.05) is 36.9 Å². The monoisotopic (exact) mass is 577 g/mol. The Kier molecular flexibility index (Phi) is 9.78. The molecule has 1 unspecified atom stereocenters. The SMILES string of the molecule is CCC(Sc1nc2cc(OC)c(OC)cc2c(=O)n1CCc1ccc(OC)c(OC)c1)C(=O)Nc1cccc(C)c1. The molecule has 0 bridgehead atoms. The third-order valence-corrected chi connectivity index (χ3v) is 8.05. The third-order valence-electron chi connectivity index (χ3n) is 6.69. The molecule has 3 aromatic carbocycles. The number of nitrogens with one attached hydrogen (secondary N) is 1. The van der Waals surface area contributed by atoms with E-state index in [0.29, 0.717) is 58.4 Å². The van der Waals surface area contributed by atoms with Crippen molar-refractivity contribution in [3.05, 3.63) is 76.1 Å². The molecule has 0 saturated carbocycles. The quantitative estimate of drug-likeness (QED) is 0.174. The Labute approximate surface area is 243 Å². The number of methoxy groups -OCH3 is 4. The molecule has 0 radical (unpaired) electrons. The number of hydrogen-bond donors (Lipinski definition) is 1. The van der Waals surface area contributed by atoms with Gasteiger partial charge in [0.1, 0.15) is 0 Å². The number of hydrogen-bond acceptors (Lipinski definition) is 8. The van der Waals surface area contributed by atoms with E-state index in [1.807, 2.05) is 56.3 Å². The van der Waals surface area contributed by atoms with Crippen molar-refractivity contribution in [3.63, 3.8) is 0 Å². The number of fused-ring (bicyclic) bond motifs is 1. The molecule has 1 heterocycles. The van der Waals surface area contributed by atoms with Gasteiger partial charge in [-0.3, -0.25) is 14.2 Å². The summed E-state index contributed by atoms with van der Waals surface area (Å²) in [6.07, 6.45) is 1.07. The highest BCUT2D eigenvalue weighted by Crippen LogP contribution is 2.33. The zero-order chi connectivity index (χ0) is 29.5. The smallest absolute Gasteiger partial charge is 0.262 e. The Morgan fingerprint density at radius 1 is 0.927 bits per heavy atom. The number of carbonyl (C=O) groups is 1. The van der Waals surface area contributed by atoms with E-state index in [1.165, 1.54) is 26.0 Å². The Bertz CT molecular complexity index is 1600. The number of amides is 1. The first-order valence-electron chi connectivity index (χ1n) is 13.2. The van der Waals surface area contributed by atoms with E-state index in [0.717, 1.165) is 16.8 Å². The molecule has 0 fully saturated rings. The van der Waals surface area contributed by atoms with Crippen LogP contribution in [0, 0.1) is 6.92 Å². The summed E-state index contributed by atoms with van der Waals surface area (Å²) in [7, 11) is 6.23. The lowest BCUT2D eigenvalue weighted by Crippen LogP contribution is -2.28. The van der Waals surface area contributed by atoms with Gasteiger partial charge in [-0.15, -0.1) is 0 Å². The van der Waals surface area contributed by atoms with Crippen LogP contribution in [0.1, 0.15) is 24.5 Å². The minimum Gasteiger partial charge on any atom is -0.493 e. The molecule has 41 heavy (non-hydrogen) atoms. The molecule has 0 aliphatic rings. The molecular formula is C31H35N3O6S. The van der Waals surface area contributed by atoms with Crippen LogP contribution in [0.2, 0.25) is 0 Å². The maximum absolute atomic E-state index is 13.9. The molecule has 1 atom stereocenters. The Morgan fingerprint density at radius 2 is 1.61 bits per heavy atom. The number of thioether (sulfide) groups is 1. The first-order valence-corrected chi connectivity index (χ1v) is 14.1. The van der Waals surface area contributed by atoms with Crippen molar-refractivity contribution in [2.75, 3.05) is 33.8 Å². The molecule has 1 N–H and O–H groups in total. The van der Waals surface area contributed by atoms with Crippen LogP contribution in [0.25, 0.3) is 10.9 Å². The van der Waals surface area contributed by atoms with Crippen LogP contribution >= 0.6 is 11.8 Å². The van der Waals surface area contributed by atoms with E-state index in [9.17, 15) is 9.59 Å². The standard InChI is InChI=1S/C31H35N3O6S/c1-7-28(29(35)32-21-10-8-9-19(2)15-21)41-31-33-23-18-27(40-6)26(39-5)17-22(23)30(36)34(31)14-13-20-11-12-24(37-3)25(16-20)38-4/h8-12,15-18,28H,7,13-14H2,1-6H3,(H,32,35). The van der Waals surface area contributed by atoms with Gasteiger partial charge in [0.2, 0.25) is 5.91 Å². The van der Waals surface area contributed by atoms with Crippen LogP contribution in [-0.4, -0.2) is 49.1 Å². The molecule has 4 rings (SSSR count). The summed E-state index contributed by atoms with van der Waals surface area (Å²) in [5.74, 6) is 1.99. The van der Waals surface area contributed by atoms with Crippen molar-refractivity contribution < 1.29 is 23.7 Å². The molecule has 0 aliphatic heterocycles. The van der Waals surface area contributed by atoms with Gasteiger partial charge in [-0.25, -0.2) is 4.98 Å². The van der Waals surface area contributed by atoms with Gasteiger partial charge in [0, 0.05) is 18.3 Å². The van der Waals surface area contributed by atoms with Crippen molar-refractivity contribution in [2.24, 2.45) is 0 Å². The largest absolute Gasteiger partial charge is 0.493 e. The number of nitrogens with zero attached hydrogens (tertiary/aromatic N) is 2. The summed E-state index contributed by atoms with van der Waals surface area (Å²) in [6.45, 7) is 4.25. The lowest BCUT2D eigenvalue weighted by atomic mass is 10.1. The summed E-state index contributed by atoms with van der Waals surface area (Å²) < 4.78 is 23.3. The number of anilines is 1. The van der Waals surface area contributed by atoms with Crippen LogP contribution in [0.15, 0.2) is 64.5 Å². The molecule has 10 heteroatoms. The fourth-order valence-corrected chi connectivity index (χ4v) is 5.53. The van der Waals surface area contributed by atoms with Gasteiger partial charge >= 0.3 is 0 Å². The van der Waals surface area contributed by atoms with Crippen molar-refractivity contribution in [1.29, 1.82) is 0 Å². The third kappa shape index (κ3) is 6.77. The van der Waals surface area contributed by atoms with E-state index in [4.69, 9.17) is 23.9 Å². The topological polar surface area (TPSA) is 101 Å². The molecule has 0 saturated heterocycles. The van der Waals surface area contributed by atoms with E-state index in [-0.39, 0.29) is 11.5 Å². The van der Waals surface area contributed by atoms with Crippen LogP contribution in [-0.2, 0) is 17.8 Å². The molecule has 0 aliphatic carbocycles. The van der Waals surface area contributed by atoms with Crippen molar-refractivity contribution >= 4 is 34.3 Å². The van der Waals surface area contributed by atoms with Crippen LogP contribution in [0.3, 0.4) is 0 Å². The molecule has 1 aromatic heterocycles. The van der Waals surface area contributed by atoms with Crippen LogP contribution in [0.4, 0.5) is 5.69 Å². The fraction of sp³-hybridized carbons (Fsp3) is 0.323. The maximum atomic E-state index is 13.9. The van der Waals surface area contributed by atoms with Crippen LogP contribution < -0.4 is 29.8 Å². The average molecular weight is 578 g/mol. The second kappa shape index (κ2) is 13.5. The summed E-state index contributed by atoms with van der Waals surface area (Å²) in [5, 5.41) is 3.37. The summed E-state index contributed by atoms with van der Waals surface area (Å²) in [4.78, 5) is 32.1. The maximum Gasteiger partial charge on any atom is 0.262 e. The predicted octanol–water partition coefficient (Wildman–Crippen LogP) is 5.49. The first kappa shape index (κ1) is 29.8. The van der Waals surface area contributed by atoms with Crippen molar-refractivity contribution in [3.8, 4) is 23.0 Å². The number of aromatic nitrogens is 2. The molecule has 216 valence electrons. The molecular weight excluding hydrogens is 542 g/mol. The number of carbonyl (C=O) groups excluding carboxylic acids is 1.